The molecule has 8 atom stereocenters. The fraction of sp³-hybridized carbons (Fsp3) is 0.314. The smallest absolute Gasteiger partial charge is 0.452 e. The molecule has 1 fully saturated rings. The lowest BCUT2D eigenvalue weighted by Crippen LogP contribution is -2.65. The second-order valence-corrected chi connectivity index (χ2v) is 15.1. The van der Waals surface area contributed by atoms with E-state index < -0.39 is 99.2 Å². The van der Waals surface area contributed by atoms with Crippen LogP contribution >= 0.6 is 31.3 Å². The van der Waals surface area contributed by atoms with Crippen molar-refractivity contribution in [1.82, 2.24) is 0 Å². The number of ether oxygens (including phenoxy) is 2. The van der Waals surface area contributed by atoms with E-state index in [0.29, 0.717) is 0 Å². The van der Waals surface area contributed by atoms with E-state index in [1.807, 2.05) is 11.8 Å². The first-order valence-corrected chi connectivity index (χ1v) is 21.5. The largest absolute Gasteiger partial charge is 0.472 e. The Bertz CT molecular complexity index is 2550. The lowest BCUT2D eigenvalue weighted by Gasteiger charge is -2.45. The minimum atomic E-state index is -5.85. The van der Waals surface area contributed by atoms with E-state index in [1.165, 1.54) is 0 Å². The summed E-state index contributed by atoms with van der Waals surface area (Å²) in [5.74, 6) is 47.4. The molecule has 1 aliphatic rings. The van der Waals surface area contributed by atoms with Gasteiger partial charge in [0.25, 0.3) is 0 Å². The van der Waals surface area contributed by atoms with E-state index in [-0.39, 0.29) is 0 Å². The molecule has 0 heterocycles. The molecule has 1 saturated carbocycles. The van der Waals surface area contributed by atoms with Crippen molar-refractivity contribution >= 4 is 43.2 Å². The van der Waals surface area contributed by atoms with Crippen LogP contribution in [0.4, 0.5) is 0 Å². The highest BCUT2D eigenvalue weighted by Gasteiger charge is 2.59. The highest BCUT2D eigenvalue weighted by atomic mass is 31.2. The number of carbonyl (C=O) groups is 2. The van der Waals surface area contributed by atoms with Crippen molar-refractivity contribution in [3.8, 4) is 130 Å². The number of carbonyl (C=O) groups excluding carboxylic acids is 2. The van der Waals surface area contributed by atoms with E-state index >= 15 is 0 Å². The molecule has 9 N–H and O–H groups in total. The molecule has 0 spiro atoms. The third-order valence-electron chi connectivity index (χ3n) is 5.70. The van der Waals surface area contributed by atoms with E-state index in [4.69, 9.17) is 14.0 Å². The van der Waals surface area contributed by atoms with Gasteiger partial charge in [-0.1, -0.05) is 11.8 Å². The van der Waals surface area contributed by atoms with Gasteiger partial charge in [0.1, 0.15) is 43.2 Å². The molecule has 0 saturated heterocycles. The first-order chi connectivity index (χ1) is 28.5. The molecule has 0 aromatic carbocycles. The van der Waals surface area contributed by atoms with Gasteiger partial charge < -0.3 is 53.9 Å². The van der Waals surface area contributed by atoms with Gasteiger partial charge in [0, 0.05) is 11.8 Å². The third kappa shape index (κ3) is 25.0. The average Bonchev–Trinajstić information content (AvgIpc) is 3.14. The van der Waals surface area contributed by atoms with Crippen LogP contribution < -0.4 is 0 Å². The van der Waals surface area contributed by atoms with Crippen molar-refractivity contribution in [2.75, 3.05) is 13.2 Å². The van der Waals surface area contributed by atoms with Crippen molar-refractivity contribution in [3.63, 3.8) is 0 Å². The predicted octanol–water partition coefficient (Wildman–Crippen LogP) is -2.81. The van der Waals surface area contributed by atoms with Crippen LogP contribution in [0.25, 0.3) is 0 Å². The Morgan fingerprint density at radius 2 is 0.820 bits per heavy atom. The van der Waals surface area contributed by atoms with Crippen LogP contribution in [0.15, 0.2) is 0 Å². The summed E-state index contributed by atoms with van der Waals surface area (Å²) in [5.41, 5.74) is 0. The van der Waals surface area contributed by atoms with Gasteiger partial charge in [-0.05, 0) is 120 Å². The molecule has 4 unspecified atom stereocenters. The van der Waals surface area contributed by atoms with Crippen LogP contribution in [0.3, 0.4) is 0 Å². The molecule has 1 rings (SSSR count). The number of esters is 2. The summed E-state index contributed by atoms with van der Waals surface area (Å²) in [6, 6.07) is 0. The zero-order valence-electron chi connectivity index (χ0n) is 30.6. The van der Waals surface area contributed by atoms with Gasteiger partial charge in [0.15, 0.2) is 6.10 Å². The van der Waals surface area contributed by atoms with Crippen LogP contribution in [0, 0.1) is 130 Å². The Morgan fingerprint density at radius 1 is 0.475 bits per heavy atom. The maximum Gasteiger partial charge on any atom is 0.472 e. The Morgan fingerprint density at radius 3 is 1.20 bits per heavy atom. The van der Waals surface area contributed by atoms with Gasteiger partial charge in [0.2, 0.25) is 0 Å². The molecule has 26 heteroatoms. The van der Waals surface area contributed by atoms with Crippen molar-refractivity contribution < 1.29 is 104 Å². The third-order valence-corrected chi connectivity index (χ3v) is 8.24. The van der Waals surface area contributed by atoms with Gasteiger partial charge in [-0.3, -0.25) is 22.6 Å². The quantitative estimate of drug-likeness (QED) is 0.0367. The zero-order valence-corrected chi connectivity index (χ0v) is 34.2. The molecule has 0 aromatic heterocycles. The number of aliphatic hydroxyl groups is 2. The Kier molecular flexibility index (Phi) is 23.3. The molecule has 0 aliphatic heterocycles. The van der Waals surface area contributed by atoms with E-state index in [2.05, 4.69) is 137 Å². The maximum atomic E-state index is 13.0. The molecule has 0 amide bonds. The summed E-state index contributed by atoms with van der Waals surface area (Å²) in [6.07, 6.45) is -18.9. The summed E-state index contributed by atoms with van der Waals surface area (Å²) in [6.45, 7) is 0.851. The monoisotopic (exact) mass is 922 g/mol. The Balaban J connectivity index is 3.38. The Labute approximate surface area is 347 Å². The molecule has 0 radical (unpaired) electrons. The average molecular weight is 922 g/mol. The number of hydrogen-bond acceptors (Lipinski definition) is 15. The number of rotatable bonds is 14. The highest BCUT2D eigenvalue weighted by molar-refractivity contribution is 7.47. The van der Waals surface area contributed by atoms with Crippen LogP contribution in [0.5, 0.6) is 0 Å². The molecule has 61 heavy (non-hydrogen) atoms. The van der Waals surface area contributed by atoms with Gasteiger partial charge in [-0.2, -0.15) is 0 Å². The standard InChI is InChI=1S/C35H26O22P4/c1-3-5-7-9-11-13-14-16-18-20-22-24-29(37)53-27(25-51-28(36)23-21-19-17-15-12-10-8-6-4-2)26-52-61(49,50)57-32-30(38)33(54-58(40,41)42)35(56-60(46,47)48)34(31(32)39)55-59(43,44)45/h27,30-35,38-39H,25-26H2,1-2H3,(H,49,50)(H2,40,41,42)(H2,43,44,45)(H2,46,47,48)/t27-,30+,31?,32?,33+,34-,35?/m1/s1. The minimum absolute atomic E-state index is 1.00. The second kappa shape index (κ2) is 26.6. The lowest BCUT2D eigenvalue weighted by molar-refractivity contribution is -0.209. The topological polar surface area (TPSA) is 349 Å². The van der Waals surface area contributed by atoms with E-state index in [1.54, 1.807) is 13.8 Å². The fourth-order valence-corrected chi connectivity index (χ4v) is 6.36. The second-order valence-electron chi connectivity index (χ2n) is 10.1. The van der Waals surface area contributed by atoms with Gasteiger partial charge in [0.05, 0.1) is 6.61 Å². The SMILES string of the molecule is CC#CC#CC#CC#CC#CC#CC(=O)O[C@H](COC(=O)C#CC#CC#CC#CC#CC)COP(=O)(O)OC1C(O)[C@@H](OP(=O)(O)O)C(OP(=O)(O)O)[C@@H](OP(=O)(O)O)[C@H]1O. The molecule has 22 nitrogen and oxygen atoms in total. The van der Waals surface area contributed by atoms with Crippen LogP contribution in [0.1, 0.15) is 13.8 Å². The van der Waals surface area contributed by atoms with Gasteiger partial charge in [-0.15, -0.1) is 0 Å². The normalized spacial score (nSPS) is 19.9. The summed E-state index contributed by atoms with van der Waals surface area (Å²) >= 11 is 0. The van der Waals surface area contributed by atoms with Crippen molar-refractivity contribution in [2.24, 2.45) is 0 Å². The summed E-state index contributed by atoms with van der Waals surface area (Å²) < 4.78 is 79.9. The van der Waals surface area contributed by atoms with Crippen LogP contribution in [-0.4, -0.2) is 112 Å². The summed E-state index contributed by atoms with van der Waals surface area (Å²) in [5, 5.41) is 21.5. The number of hydrogen-bond donors (Lipinski definition) is 9. The molecule has 0 aromatic rings. The zero-order chi connectivity index (χ0) is 46.1. The van der Waals surface area contributed by atoms with Crippen molar-refractivity contribution in [2.45, 2.75) is 56.6 Å². The van der Waals surface area contributed by atoms with Gasteiger partial charge >= 0.3 is 43.2 Å². The number of aliphatic hydroxyl groups excluding tert-OH is 2. The fourth-order valence-electron chi connectivity index (χ4n) is 3.71. The first kappa shape index (κ1) is 53.5. The molecular weight excluding hydrogens is 896 g/mol. The predicted molar refractivity (Wildman–Crippen MR) is 201 cm³/mol. The van der Waals surface area contributed by atoms with Crippen molar-refractivity contribution in [3.05, 3.63) is 0 Å². The molecule has 1 aliphatic carbocycles. The first-order valence-electron chi connectivity index (χ1n) is 15.4. The minimum Gasteiger partial charge on any atom is -0.452 e. The van der Waals surface area contributed by atoms with E-state index in [0.717, 1.165) is 0 Å². The lowest BCUT2D eigenvalue weighted by atomic mass is 9.85. The highest BCUT2D eigenvalue weighted by Crippen LogP contribution is 2.53. The van der Waals surface area contributed by atoms with Gasteiger partial charge in [-0.25, -0.2) is 27.8 Å². The summed E-state index contributed by atoms with van der Waals surface area (Å²) in [4.78, 5) is 90.9. The number of phosphoric acid groups is 4. The number of phosphoric ester groups is 4. The van der Waals surface area contributed by atoms with E-state index in [9.17, 15) is 72.3 Å². The Hall–Kier alpha value is -5.54. The van der Waals surface area contributed by atoms with Crippen molar-refractivity contribution in [1.29, 1.82) is 0 Å². The molecule has 0 bridgehead atoms. The van der Waals surface area contributed by atoms with Crippen LogP contribution in [0.2, 0.25) is 0 Å². The molecular formula is C35H26O22P4. The molecule has 318 valence electrons. The summed E-state index contributed by atoms with van der Waals surface area (Å²) in [7, 11) is -23.3. The maximum absolute atomic E-state index is 13.0. The van der Waals surface area contributed by atoms with Crippen LogP contribution in [-0.2, 0) is 59.9 Å².